The number of nitrogens with one attached hydrogen (secondary N) is 1. The second-order valence-corrected chi connectivity index (χ2v) is 4.55. The summed E-state index contributed by atoms with van der Waals surface area (Å²) in [6, 6.07) is 7.59. The van der Waals surface area contributed by atoms with Crippen LogP contribution in [0, 0.1) is 0 Å². The number of anilines is 1. The number of rotatable bonds is 3. The van der Waals surface area contributed by atoms with Gasteiger partial charge in [0.1, 0.15) is 0 Å². The number of ether oxygens (including phenoxy) is 1. The zero-order chi connectivity index (χ0) is 13.0. The topological polar surface area (TPSA) is 41.6 Å². The molecule has 1 aromatic rings. The Morgan fingerprint density at radius 1 is 1.28 bits per heavy atom. The van der Waals surface area contributed by atoms with Crippen molar-refractivity contribution >= 4 is 11.6 Å². The summed E-state index contributed by atoms with van der Waals surface area (Å²) >= 11 is 0. The van der Waals surface area contributed by atoms with Gasteiger partial charge in [0, 0.05) is 38.5 Å². The maximum atomic E-state index is 12.3. The first-order valence-corrected chi connectivity index (χ1v) is 6.34. The number of piperidine rings is 1. The standard InChI is InChI=1S/C14H20N2O2/c1-15-12-5-3-11(4-6-12)14(17)16-9-7-13(18-2)8-10-16/h3-6,13,15H,7-10H2,1-2H3. The normalized spacial score (nSPS) is 16.7. The fourth-order valence-corrected chi connectivity index (χ4v) is 2.26. The molecule has 0 aromatic heterocycles. The van der Waals surface area contributed by atoms with Gasteiger partial charge >= 0.3 is 0 Å². The molecule has 1 heterocycles. The third-order valence-corrected chi connectivity index (χ3v) is 3.48. The van der Waals surface area contributed by atoms with Gasteiger partial charge in [-0.05, 0) is 37.1 Å². The molecule has 1 amide bonds. The minimum atomic E-state index is 0.118. The third-order valence-electron chi connectivity index (χ3n) is 3.48. The van der Waals surface area contributed by atoms with Crippen LogP contribution in [0.4, 0.5) is 5.69 Å². The van der Waals surface area contributed by atoms with E-state index in [1.165, 1.54) is 0 Å². The molecule has 4 nitrogen and oxygen atoms in total. The molecule has 0 unspecified atom stereocenters. The van der Waals surface area contributed by atoms with E-state index in [0.29, 0.717) is 6.10 Å². The van der Waals surface area contributed by atoms with Crippen molar-refractivity contribution in [1.82, 2.24) is 4.90 Å². The number of carbonyl (C=O) groups is 1. The Kier molecular flexibility index (Phi) is 4.20. The molecule has 98 valence electrons. The first kappa shape index (κ1) is 12.9. The van der Waals surface area contributed by atoms with Crippen molar-refractivity contribution in [2.75, 3.05) is 32.6 Å². The van der Waals surface area contributed by atoms with E-state index in [2.05, 4.69) is 5.32 Å². The number of hydrogen-bond acceptors (Lipinski definition) is 3. The lowest BCUT2D eigenvalue weighted by molar-refractivity contribution is 0.0351. The van der Waals surface area contributed by atoms with Crippen molar-refractivity contribution in [3.63, 3.8) is 0 Å². The first-order chi connectivity index (χ1) is 8.74. The molecule has 0 spiro atoms. The highest BCUT2D eigenvalue weighted by Gasteiger charge is 2.23. The molecule has 0 radical (unpaired) electrons. The number of carbonyl (C=O) groups excluding carboxylic acids is 1. The summed E-state index contributed by atoms with van der Waals surface area (Å²) in [5, 5.41) is 3.04. The van der Waals surface area contributed by atoms with Crippen LogP contribution in [-0.2, 0) is 4.74 Å². The second kappa shape index (κ2) is 5.87. The summed E-state index contributed by atoms with van der Waals surface area (Å²) in [5.74, 6) is 0.118. The van der Waals surface area contributed by atoms with Crippen molar-refractivity contribution in [3.8, 4) is 0 Å². The second-order valence-electron chi connectivity index (χ2n) is 4.55. The van der Waals surface area contributed by atoms with Crippen LogP contribution < -0.4 is 5.32 Å². The Balaban J connectivity index is 1.98. The summed E-state index contributed by atoms with van der Waals surface area (Å²) in [4.78, 5) is 14.2. The van der Waals surface area contributed by atoms with Crippen LogP contribution >= 0.6 is 0 Å². The van der Waals surface area contributed by atoms with Crippen molar-refractivity contribution < 1.29 is 9.53 Å². The van der Waals surface area contributed by atoms with Crippen molar-refractivity contribution in [3.05, 3.63) is 29.8 Å². The maximum absolute atomic E-state index is 12.3. The Bertz CT molecular complexity index is 395. The fraction of sp³-hybridized carbons (Fsp3) is 0.500. The number of amides is 1. The predicted molar refractivity (Wildman–Crippen MR) is 71.9 cm³/mol. The molecule has 0 atom stereocenters. The van der Waals surface area contributed by atoms with E-state index in [0.717, 1.165) is 37.2 Å². The van der Waals surface area contributed by atoms with Crippen LogP contribution in [-0.4, -0.2) is 44.2 Å². The number of methoxy groups -OCH3 is 1. The molecule has 4 heteroatoms. The lowest BCUT2D eigenvalue weighted by Crippen LogP contribution is -2.40. The summed E-state index contributed by atoms with van der Waals surface area (Å²) in [7, 11) is 3.60. The molecule has 1 aliphatic heterocycles. The quantitative estimate of drug-likeness (QED) is 0.889. The zero-order valence-corrected chi connectivity index (χ0v) is 11.0. The first-order valence-electron chi connectivity index (χ1n) is 6.34. The molecule has 1 saturated heterocycles. The van der Waals surface area contributed by atoms with Crippen LogP contribution in [0.3, 0.4) is 0 Å². The summed E-state index contributed by atoms with van der Waals surface area (Å²) in [6.07, 6.45) is 2.16. The molecule has 0 saturated carbocycles. The van der Waals surface area contributed by atoms with Gasteiger partial charge in [0.05, 0.1) is 6.10 Å². The van der Waals surface area contributed by atoms with E-state index in [-0.39, 0.29) is 5.91 Å². The molecule has 1 fully saturated rings. The molecule has 0 bridgehead atoms. The number of hydrogen-bond donors (Lipinski definition) is 1. The number of likely N-dealkylation sites (tertiary alicyclic amines) is 1. The van der Waals surface area contributed by atoms with E-state index in [1.807, 2.05) is 36.2 Å². The van der Waals surface area contributed by atoms with E-state index in [9.17, 15) is 4.79 Å². The van der Waals surface area contributed by atoms with E-state index in [1.54, 1.807) is 7.11 Å². The van der Waals surface area contributed by atoms with Gasteiger partial charge in [0.25, 0.3) is 5.91 Å². The van der Waals surface area contributed by atoms with Gasteiger partial charge in [-0.25, -0.2) is 0 Å². The fourth-order valence-electron chi connectivity index (χ4n) is 2.26. The maximum Gasteiger partial charge on any atom is 0.253 e. The minimum absolute atomic E-state index is 0.118. The summed E-state index contributed by atoms with van der Waals surface area (Å²) < 4.78 is 5.31. The Morgan fingerprint density at radius 2 is 1.89 bits per heavy atom. The zero-order valence-electron chi connectivity index (χ0n) is 11.0. The van der Waals surface area contributed by atoms with Crippen molar-refractivity contribution in [2.45, 2.75) is 18.9 Å². The smallest absolute Gasteiger partial charge is 0.253 e. The number of benzene rings is 1. The molecule has 1 aliphatic rings. The molecule has 18 heavy (non-hydrogen) atoms. The molecule has 1 N–H and O–H groups in total. The van der Waals surface area contributed by atoms with Gasteiger partial charge in [-0.3, -0.25) is 4.79 Å². The average molecular weight is 248 g/mol. The van der Waals surface area contributed by atoms with Crippen molar-refractivity contribution in [1.29, 1.82) is 0 Å². The average Bonchev–Trinajstić information content (AvgIpc) is 2.47. The summed E-state index contributed by atoms with van der Waals surface area (Å²) in [6.45, 7) is 1.57. The lowest BCUT2D eigenvalue weighted by atomic mass is 10.1. The van der Waals surface area contributed by atoms with Gasteiger partial charge in [0.2, 0.25) is 0 Å². The Hall–Kier alpha value is -1.55. The predicted octanol–water partition coefficient (Wildman–Crippen LogP) is 1.98. The van der Waals surface area contributed by atoms with E-state index >= 15 is 0 Å². The molecule has 1 aromatic carbocycles. The van der Waals surface area contributed by atoms with Gasteiger partial charge < -0.3 is 15.0 Å². The van der Waals surface area contributed by atoms with Crippen LogP contribution in [0.1, 0.15) is 23.2 Å². The monoisotopic (exact) mass is 248 g/mol. The summed E-state index contributed by atoms with van der Waals surface area (Å²) in [5.41, 5.74) is 1.77. The van der Waals surface area contributed by atoms with Crippen LogP contribution in [0.5, 0.6) is 0 Å². The molecule has 0 aliphatic carbocycles. The number of nitrogens with zero attached hydrogens (tertiary/aromatic N) is 1. The van der Waals surface area contributed by atoms with Gasteiger partial charge in [0.15, 0.2) is 0 Å². The van der Waals surface area contributed by atoms with Crippen LogP contribution in [0.2, 0.25) is 0 Å². The Labute approximate surface area is 108 Å². The van der Waals surface area contributed by atoms with E-state index in [4.69, 9.17) is 4.74 Å². The van der Waals surface area contributed by atoms with E-state index < -0.39 is 0 Å². The van der Waals surface area contributed by atoms with Gasteiger partial charge in [-0.15, -0.1) is 0 Å². The molecular formula is C14H20N2O2. The highest BCUT2D eigenvalue weighted by atomic mass is 16.5. The van der Waals surface area contributed by atoms with Crippen LogP contribution in [0.15, 0.2) is 24.3 Å². The third kappa shape index (κ3) is 2.82. The largest absolute Gasteiger partial charge is 0.388 e. The van der Waals surface area contributed by atoms with Crippen molar-refractivity contribution in [2.24, 2.45) is 0 Å². The minimum Gasteiger partial charge on any atom is -0.388 e. The molecule has 2 rings (SSSR count). The lowest BCUT2D eigenvalue weighted by Gasteiger charge is -2.31. The molecular weight excluding hydrogens is 228 g/mol. The SMILES string of the molecule is CNc1ccc(C(=O)N2CCC(OC)CC2)cc1. The van der Waals surface area contributed by atoms with Gasteiger partial charge in [-0.1, -0.05) is 0 Å². The highest BCUT2D eigenvalue weighted by molar-refractivity contribution is 5.94. The highest BCUT2D eigenvalue weighted by Crippen LogP contribution is 2.17. The van der Waals surface area contributed by atoms with Crippen LogP contribution in [0.25, 0.3) is 0 Å². The Morgan fingerprint density at radius 3 is 2.39 bits per heavy atom. The van der Waals surface area contributed by atoms with Gasteiger partial charge in [-0.2, -0.15) is 0 Å².